The Morgan fingerprint density at radius 2 is 1.89 bits per heavy atom. The monoisotopic (exact) mass is 300 g/mol. The van der Waals surface area contributed by atoms with Crippen molar-refractivity contribution >= 4 is 21.6 Å². The van der Waals surface area contributed by atoms with Crippen LogP contribution in [0.4, 0.5) is 4.39 Å². The minimum atomic E-state index is -3.74. The van der Waals surface area contributed by atoms with Crippen LogP contribution in [-0.4, -0.2) is 13.4 Å². The number of rotatable bonds is 4. The summed E-state index contributed by atoms with van der Waals surface area (Å²) < 4.78 is 39.1. The van der Waals surface area contributed by atoms with Crippen LogP contribution in [0.1, 0.15) is 5.56 Å². The summed E-state index contributed by atoms with van der Waals surface area (Å²) in [6.07, 6.45) is 2.58. The molecule has 1 aromatic heterocycles. The fourth-order valence-electron chi connectivity index (χ4n) is 1.42. The van der Waals surface area contributed by atoms with Crippen molar-refractivity contribution in [3.05, 3.63) is 59.1 Å². The fraction of sp³-hybridized carbons (Fsp3) is 0.0833. The molecule has 0 spiro atoms. The number of halogens is 2. The fourth-order valence-corrected chi connectivity index (χ4v) is 2.87. The molecular weight excluding hydrogens is 291 g/mol. The van der Waals surface area contributed by atoms with Crippen LogP contribution in [0.25, 0.3) is 0 Å². The average molecular weight is 301 g/mol. The Hall–Kier alpha value is -1.50. The number of nitrogens with zero attached hydrogens (tertiary/aromatic N) is 1. The number of benzene rings is 1. The highest BCUT2D eigenvalue weighted by molar-refractivity contribution is 7.89. The quantitative estimate of drug-likeness (QED) is 0.943. The van der Waals surface area contributed by atoms with Crippen LogP contribution in [0.15, 0.2) is 47.6 Å². The molecule has 0 aliphatic heterocycles. The van der Waals surface area contributed by atoms with Crippen molar-refractivity contribution in [3.8, 4) is 0 Å². The summed E-state index contributed by atoms with van der Waals surface area (Å²) in [4.78, 5) is 3.64. The van der Waals surface area contributed by atoms with E-state index in [0.29, 0.717) is 5.56 Å². The molecule has 0 aliphatic carbocycles. The minimum absolute atomic E-state index is 0.0494. The highest BCUT2D eigenvalue weighted by Crippen LogP contribution is 2.19. The van der Waals surface area contributed by atoms with E-state index >= 15 is 0 Å². The molecule has 2 aromatic rings. The van der Waals surface area contributed by atoms with E-state index in [2.05, 4.69) is 9.71 Å². The number of sulfonamides is 1. The summed E-state index contributed by atoms with van der Waals surface area (Å²) in [7, 11) is -3.74. The molecule has 0 fully saturated rings. The molecule has 0 bridgehead atoms. The summed E-state index contributed by atoms with van der Waals surface area (Å²) >= 11 is 5.80. The van der Waals surface area contributed by atoms with Crippen LogP contribution in [-0.2, 0) is 16.6 Å². The summed E-state index contributed by atoms with van der Waals surface area (Å²) in [5.41, 5.74) is 0.644. The minimum Gasteiger partial charge on any atom is -0.263 e. The van der Waals surface area contributed by atoms with E-state index in [1.165, 1.54) is 42.7 Å². The van der Waals surface area contributed by atoms with E-state index in [-0.39, 0.29) is 22.3 Å². The van der Waals surface area contributed by atoms with Crippen molar-refractivity contribution in [2.24, 2.45) is 0 Å². The average Bonchev–Trinajstić information content (AvgIpc) is 2.38. The van der Waals surface area contributed by atoms with Crippen molar-refractivity contribution in [1.29, 1.82) is 0 Å². The Kier molecular flexibility index (Phi) is 4.14. The Balaban J connectivity index is 2.14. The van der Waals surface area contributed by atoms with Gasteiger partial charge in [-0.1, -0.05) is 23.7 Å². The molecule has 1 N–H and O–H groups in total. The lowest BCUT2D eigenvalue weighted by Crippen LogP contribution is -2.23. The molecule has 1 heterocycles. The van der Waals surface area contributed by atoms with Crippen molar-refractivity contribution in [1.82, 2.24) is 9.71 Å². The van der Waals surface area contributed by atoms with E-state index in [1.807, 2.05) is 0 Å². The third kappa shape index (κ3) is 3.50. The Morgan fingerprint density at radius 3 is 2.53 bits per heavy atom. The molecule has 0 aliphatic rings. The molecule has 0 amide bonds. The molecule has 100 valence electrons. The lowest BCUT2D eigenvalue weighted by molar-refractivity contribution is 0.581. The molecule has 0 radical (unpaired) electrons. The summed E-state index contributed by atoms with van der Waals surface area (Å²) in [5.74, 6) is -0.373. The molecule has 0 atom stereocenters. The highest BCUT2D eigenvalue weighted by atomic mass is 35.5. The van der Waals surface area contributed by atoms with Crippen LogP contribution in [0.2, 0.25) is 5.02 Å². The van der Waals surface area contributed by atoms with E-state index in [4.69, 9.17) is 11.6 Å². The van der Waals surface area contributed by atoms with Gasteiger partial charge in [-0.2, -0.15) is 0 Å². The second-order valence-electron chi connectivity index (χ2n) is 3.76. The first-order chi connectivity index (χ1) is 8.99. The molecule has 1 aromatic carbocycles. The number of hydrogen-bond acceptors (Lipinski definition) is 3. The van der Waals surface area contributed by atoms with Gasteiger partial charge in [-0.3, -0.25) is 4.98 Å². The standard InChI is InChI=1S/C12H10ClFN2O2S/c13-11-5-6-15-8-12(11)19(17,18)16-7-9-1-3-10(14)4-2-9/h1-6,8,16H,7H2. The molecule has 4 nitrogen and oxygen atoms in total. The van der Waals surface area contributed by atoms with Gasteiger partial charge in [0.2, 0.25) is 10.0 Å². The Morgan fingerprint density at radius 1 is 1.21 bits per heavy atom. The Bertz CT molecular complexity index is 674. The van der Waals surface area contributed by atoms with Crippen molar-refractivity contribution < 1.29 is 12.8 Å². The topological polar surface area (TPSA) is 59.1 Å². The van der Waals surface area contributed by atoms with Crippen LogP contribution < -0.4 is 4.72 Å². The maximum Gasteiger partial charge on any atom is 0.243 e. The van der Waals surface area contributed by atoms with Gasteiger partial charge in [0.15, 0.2) is 0 Å². The van der Waals surface area contributed by atoms with Crippen LogP contribution in [0.5, 0.6) is 0 Å². The number of hydrogen-bond donors (Lipinski definition) is 1. The second kappa shape index (κ2) is 5.64. The van der Waals surface area contributed by atoms with E-state index in [0.717, 1.165) is 0 Å². The molecule has 0 saturated heterocycles. The summed E-state index contributed by atoms with van der Waals surface area (Å²) in [6, 6.07) is 6.93. The van der Waals surface area contributed by atoms with Gasteiger partial charge >= 0.3 is 0 Å². The normalized spacial score (nSPS) is 11.5. The smallest absolute Gasteiger partial charge is 0.243 e. The largest absolute Gasteiger partial charge is 0.263 e. The van der Waals surface area contributed by atoms with Gasteiger partial charge in [-0.15, -0.1) is 0 Å². The summed E-state index contributed by atoms with van der Waals surface area (Å²) in [5, 5.41) is 0.0987. The maximum absolute atomic E-state index is 12.7. The lowest BCUT2D eigenvalue weighted by Gasteiger charge is -2.07. The first kappa shape index (κ1) is 13.9. The molecule has 2 rings (SSSR count). The van der Waals surface area contributed by atoms with Crippen molar-refractivity contribution in [2.45, 2.75) is 11.4 Å². The zero-order valence-electron chi connectivity index (χ0n) is 9.68. The first-order valence-electron chi connectivity index (χ1n) is 5.33. The van der Waals surface area contributed by atoms with Gasteiger partial charge in [-0.05, 0) is 23.8 Å². The zero-order chi connectivity index (χ0) is 13.9. The van der Waals surface area contributed by atoms with E-state index in [9.17, 15) is 12.8 Å². The zero-order valence-corrected chi connectivity index (χ0v) is 11.2. The number of aromatic nitrogens is 1. The number of nitrogens with one attached hydrogen (secondary N) is 1. The van der Waals surface area contributed by atoms with Crippen LogP contribution in [0, 0.1) is 5.82 Å². The van der Waals surface area contributed by atoms with Crippen molar-refractivity contribution in [3.63, 3.8) is 0 Å². The van der Waals surface area contributed by atoms with Crippen LogP contribution >= 0.6 is 11.6 Å². The predicted molar refractivity (Wildman–Crippen MR) is 69.7 cm³/mol. The molecule has 0 saturated carbocycles. The van der Waals surface area contributed by atoms with Gasteiger partial charge < -0.3 is 0 Å². The van der Waals surface area contributed by atoms with Crippen LogP contribution in [0.3, 0.4) is 0 Å². The molecule has 0 unspecified atom stereocenters. The highest BCUT2D eigenvalue weighted by Gasteiger charge is 2.17. The van der Waals surface area contributed by atoms with Crippen molar-refractivity contribution in [2.75, 3.05) is 0 Å². The molecule has 7 heteroatoms. The molecular formula is C12H10ClFN2O2S. The second-order valence-corrected chi connectivity index (χ2v) is 5.90. The third-order valence-corrected chi connectivity index (χ3v) is 4.27. The Labute approximate surface area is 115 Å². The third-order valence-electron chi connectivity index (χ3n) is 2.40. The predicted octanol–water partition coefficient (Wildman–Crippen LogP) is 2.35. The van der Waals surface area contributed by atoms with Gasteiger partial charge in [-0.25, -0.2) is 17.5 Å². The SMILES string of the molecule is O=S(=O)(NCc1ccc(F)cc1)c1cnccc1Cl. The van der Waals surface area contributed by atoms with Gasteiger partial charge in [0.1, 0.15) is 10.7 Å². The van der Waals surface area contributed by atoms with E-state index in [1.54, 1.807) is 0 Å². The van der Waals surface area contributed by atoms with Gasteiger partial charge in [0, 0.05) is 18.9 Å². The lowest BCUT2D eigenvalue weighted by atomic mass is 10.2. The molecule has 19 heavy (non-hydrogen) atoms. The first-order valence-corrected chi connectivity index (χ1v) is 7.19. The van der Waals surface area contributed by atoms with E-state index < -0.39 is 10.0 Å². The van der Waals surface area contributed by atoms with Gasteiger partial charge in [0.25, 0.3) is 0 Å². The summed E-state index contributed by atoms with van der Waals surface area (Å²) in [6.45, 7) is 0.0494. The maximum atomic E-state index is 12.7. The van der Waals surface area contributed by atoms with Gasteiger partial charge in [0.05, 0.1) is 5.02 Å². The number of pyridine rings is 1.